The normalized spacial score (nSPS) is 14.4. The van der Waals surface area contributed by atoms with Crippen LogP contribution in [0, 0.1) is 0 Å². The van der Waals surface area contributed by atoms with Gasteiger partial charge in [0.05, 0.1) is 0 Å². The highest BCUT2D eigenvalue weighted by atomic mass is 32.2. The van der Waals surface area contributed by atoms with Crippen LogP contribution in [0.25, 0.3) is 0 Å². The standard InChI is InChI=1S/C11H16N2O2S/c1-8(6-12)16(15)7-9-2-4-10(5-3-9)11(13)14/h2-5,8H,6-7,12H2,1H3,(H2,13,14). The smallest absolute Gasteiger partial charge is 0.248 e. The van der Waals surface area contributed by atoms with E-state index in [2.05, 4.69) is 0 Å². The van der Waals surface area contributed by atoms with Crippen molar-refractivity contribution in [3.05, 3.63) is 35.4 Å². The van der Waals surface area contributed by atoms with Gasteiger partial charge in [-0.1, -0.05) is 12.1 Å². The Labute approximate surface area is 97.5 Å². The quantitative estimate of drug-likeness (QED) is 0.780. The maximum Gasteiger partial charge on any atom is 0.248 e. The second-order valence-electron chi connectivity index (χ2n) is 3.63. The molecule has 1 aromatic carbocycles. The van der Waals surface area contributed by atoms with Crippen LogP contribution >= 0.6 is 0 Å². The minimum Gasteiger partial charge on any atom is -0.366 e. The highest BCUT2D eigenvalue weighted by Gasteiger charge is 2.09. The van der Waals surface area contributed by atoms with Crippen LogP contribution < -0.4 is 11.5 Å². The Morgan fingerprint density at radius 3 is 2.38 bits per heavy atom. The highest BCUT2D eigenvalue weighted by molar-refractivity contribution is 7.84. The lowest BCUT2D eigenvalue weighted by Crippen LogP contribution is -2.22. The topological polar surface area (TPSA) is 86.2 Å². The van der Waals surface area contributed by atoms with Crippen molar-refractivity contribution >= 4 is 16.7 Å². The van der Waals surface area contributed by atoms with Gasteiger partial charge in [0.1, 0.15) is 0 Å². The maximum absolute atomic E-state index is 11.7. The Bertz CT molecular complexity index is 389. The van der Waals surface area contributed by atoms with Gasteiger partial charge in [0.15, 0.2) is 0 Å². The zero-order valence-electron chi connectivity index (χ0n) is 9.18. The number of carbonyl (C=O) groups excluding carboxylic acids is 1. The Morgan fingerprint density at radius 2 is 1.94 bits per heavy atom. The van der Waals surface area contributed by atoms with Crippen molar-refractivity contribution < 1.29 is 9.00 Å². The summed E-state index contributed by atoms with van der Waals surface area (Å²) in [6, 6.07) is 6.81. The second-order valence-corrected chi connectivity index (χ2v) is 5.49. The van der Waals surface area contributed by atoms with E-state index in [0.717, 1.165) is 5.56 Å². The summed E-state index contributed by atoms with van der Waals surface area (Å²) in [5.74, 6) is 0.000206. The molecule has 88 valence electrons. The molecule has 1 rings (SSSR count). The average molecular weight is 240 g/mol. The van der Waals surface area contributed by atoms with E-state index in [1.165, 1.54) is 0 Å². The largest absolute Gasteiger partial charge is 0.366 e. The number of primary amides is 1. The molecule has 2 unspecified atom stereocenters. The van der Waals surface area contributed by atoms with Crippen LogP contribution in [-0.2, 0) is 16.6 Å². The number of benzene rings is 1. The molecule has 5 heteroatoms. The maximum atomic E-state index is 11.7. The molecule has 2 atom stereocenters. The van der Waals surface area contributed by atoms with E-state index >= 15 is 0 Å². The van der Waals surface area contributed by atoms with Crippen molar-refractivity contribution in [2.24, 2.45) is 11.5 Å². The average Bonchev–Trinajstić information content (AvgIpc) is 2.28. The Kier molecular flexibility index (Phi) is 4.64. The van der Waals surface area contributed by atoms with Crippen molar-refractivity contribution in [2.45, 2.75) is 17.9 Å². The molecule has 0 radical (unpaired) electrons. The molecule has 16 heavy (non-hydrogen) atoms. The molecule has 4 nitrogen and oxygen atoms in total. The Balaban J connectivity index is 2.69. The molecular weight excluding hydrogens is 224 g/mol. The van der Waals surface area contributed by atoms with Crippen molar-refractivity contribution in [2.75, 3.05) is 6.54 Å². The summed E-state index contributed by atoms with van der Waals surface area (Å²) in [5.41, 5.74) is 11.9. The summed E-state index contributed by atoms with van der Waals surface area (Å²) in [6.45, 7) is 2.26. The van der Waals surface area contributed by atoms with Gasteiger partial charge in [-0.05, 0) is 24.6 Å². The Morgan fingerprint density at radius 1 is 1.38 bits per heavy atom. The molecule has 0 saturated carbocycles. The van der Waals surface area contributed by atoms with Gasteiger partial charge in [-0.25, -0.2) is 0 Å². The number of hydrogen-bond acceptors (Lipinski definition) is 3. The molecule has 0 fully saturated rings. The van der Waals surface area contributed by atoms with E-state index in [-0.39, 0.29) is 5.25 Å². The van der Waals surface area contributed by atoms with Gasteiger partial charge in [0, 0.05) is 33.9 Å². The minimum absolute atomic E-state index is 0.0178. The van der Waals surface area contributed by atoms with Crippen LogP contribution in [0.1, 0.15) is 22.8 Å². The summed E-state index contributed by atoms with van der Waals surface area (Å²) in [6.07, 6.45) is 0. The van der Waals surface area contributed by atoms with Crippen LogP contribution in [-0.4, -0.2) is 21.9 Å². The van der Waals surface area contributed by atoms with Crippen LogP contribution in [0.5, 0.6) is 0 Å². The molecule has 1 aromatic rings. The van der Waals surface area contributed by atoms with Gasteiger partial charge in [0.2, 0.25) is 5.91 Å². The lowest BCUT2D eigenvalue weighted by Gasteiger charge is -2.08. The first-order valence-electron chi connectivity index (χ1n) is 5.00. The van der Waals surface area contributed by atoms with E-state index in [4.69, 9.17) is 11.5 Å². The molecule has 0 aliphatic carbocycles. The van der Waals surface area contributed by atoms with E-state index in [9.17, 15) is 9.00 Å². The SMILES string of the molecule is CC(CN)S(=O)Cc1ccc(C(N)=O)cc1. The second kappa shape index (κ2) is 5.77. The van der Waals surface area contributed by atoms with Crippen LogP contribution in [0.15, 0.2) is 24.3 Å². The third kappa shape index (κ3) is 3.43. The van der Waals surface area contributed by atoms with Gasteiger partial charge in [-0.3, -0.25) is 9.00 Å². The monoisotopic (exact) mass is 240 g/mol. The highest BCUT2D eigenvalue weighted by Crippen LogP contribution is 2.08. The van der Waals surface area contributed by atoms with E-state index in [1.807, 2.05) is 6.92 Å². The fourth-order valence-corrected chi connectivity index (χ4v) is 2.20. The molecule has 0 aromatic heterocycles. The zero-order valence-corrected chi connectivity index (χ0v) is 10.00. The number of rotatable bonds is 5. The van der Waals surface area contributed by atoms with Crippen molar-refractivity contribution in [1.82, 2.24) is 0 Å². The number of nitrogens with two attached hydrogens (primary N) is 2. The van der Waals surface area contributed by atoms with E-state index < -0.39 is 16.7 Å². The number of amides is 1. The van der Waals surface area contributed by atoms with Crippen molar-refractivity contribution in [3.63, 3.8) is 0 Å². The van der Waals surface area contributed by atoms with Crippen LogP contribution in [0.3, 0.4) is 0 Å². The molecular formula is C11H16N2O2S. The zero-order chi connectivity index (χ0) is 12.1. The summed E-state index contributed by atoms with van der Waals surface area (Å²) in [4.78, 5) is 10.8. The fraction of sp³-hybridized carbons (Fsp3) is 0.364. The van der Waals surface area contributed by atoms with Gasteiger partial charge >= 0.3 is 0 Å². The van der Waals surface area contributed by atoms with Crippen LogP contribution in [0.2, 0.25) is 0 Å². The molecule has 4 N–H and O–H groups in total. The fourth-order valence-electron chi connectivity index (χ4n) is 1.18. The lowest BCUT2D eigenvalue weighted by molar-refractivity contribution is 0.100. The molecule has 1 amide bonds. The molecule has 0 aliphatic heterocycles. The molecule has 0 bridgehead atoms. The van der Waals surface area contributed by atoms with E-state index in [0.29, 0.717) is 17.9 Å². The predicted octanol–water partition coefficient (Wildman–Crippen LogP) is 0.381. The van der Waals surface area contributed by atoms with Crippen LogP contribution in [0.4, 0.5) is 0 Å². The Hall–Kier alpha value is -1.20. The molecule has 0 aliphatic rings. The molecule has 0 heterocycles. The number of carbonyl (C=O) groups is 1. The summed E-state index contributed by atoms with van der Waals surface area (Å²) >= 11 is 0. The van der Waals surface area contributed by atoms with Gasteiger partial charge < -0.3 is 11.5 Å². The third-order valence-corrected chi connectivity index (χ3v) is 4.04. The van der Waals surface area contributed by atoms with Crippen molar-refractivity contribution in [3.8, 4) is 0 Å². The summed E-state index contributed by atoms with van der Waals surface area (Å²) < 4.78 is 11.7. The summed E-state index contributed by atoms with van der Waals surface area (Å²) in [5, 5.41) is -0.0178. The van der Waals surface area contributed by atoms with E-state index in [1.54, 1.807) is 24.3 Å². The number of hydrogen-bond donors (Lipinski definition) is 2. The van der Waals surface area contributed by atoms with Gasteiger partial charge in [-0.15, -0.1) is 0 Å². The third-order valence-electron chi connectivity index (χ3n) is 2.33. The first kappa shape index (κ1) is 12.9. The van der Waals surface area contributed by atoms with Crippen molar-refractivity contribution in [1.29, 1.82) is 0 Å². The van der Waals surface area contributed by atoms with Gasteiger partial charge in [-0.2, -0.15) is 0 Å². The lowest BCUT2D eigenvalue weighted by atomic mass is 10.1. The predicted molar refractivity (Wildman–Crippen MR) is 65.3 cm³/mol. The molecule has 0 saturated heterocycles. The minimum atomic E-state index is -0.974. The first-order valence-corrected chi connectivity index (χ1v) is 6.38. The van der Waals surface area contributed by atoms with Gasteiger partial charge in [0.25, 0.3) is 0 Å². The molecule has 0 spiro atoms. The summed E-state index contributed by atoms with van der Waals surface area (Å²) in [7, 11) is -0.974. The first-order chi connectivity index (χ1) is 7.54.